The number of ether oxygens (including phenoxy) is 2. The number of esters is 1. The summed E-state index contributed by atoms with van der Waals surface area (Å²) >= 11 is 0. The van der Waals surface area contributed by atoms with Crippen LogP contribution < -0.4 is 5.56 Å². The number of carbonyl (C=O) groups excluding carboxylic acids is 1. The molecule has 0 unspecified atom stereocenters. The van der Waals surface area contributed by atoms with Crippen LogP contribution in [-0.4, -0.2) is 76.5 Å². The Kier molecular flexibility index (Phi) is 7.55. The highest BCUT2D eigenvalue weighted by Gasteiger charge is 2.23. The van der Waals surface area contributed by atoms with Crippen molar-refractivity contribution in [3.05, 3.63) is 35.1 Å². The minimum absolute atomic E-state index is 0.0185. The Morgan fingerprint density at radius 1 is 1.22 bits per heavy atom. The number of nitrogens with zero attached hydrogens (tertiary/aromatic N) is 7. The van der Waals surface area contributed by atoms with Crippen molar-refractivity contribution in [3.63, 3.8) is 0 Å². The second-order valence-electron chi connectivity index (χ2n) is 9.51. The molecule has 0 aliphatic rings. The zero-order valence-corrected chi connectivity index (χ0v) is 22.6. The summed E-state index contributed by atoms with van der Waals surface area (Å²) in [5, 5.41) is 4.88. The lowest BCUT2D eigenvalue weighted by Gasteiger charge is -2.35. The van der Waals surface area contributed by atoms with Crippen molar-refractivity contribution in [2.24, 2.45) is 0 Å². The number of imidazole rings is 2. The zero-order chi connectivity index (χ0) is 26.0. The van der Waals surface area contributed by atoms with Gasteiger partial charge in [-0.3, -0.25) is 27.8 Å². The van der Waals surface area contributed by atoms with Gasteiger partial charge in [-0.05, 0) is 24.2 Å². The Balaban J connectivity index is 1.80. The van der Waals surface area contributed by atoms with Crippen LogP contribution in [0.25, 0.3) is 28.3 Å². The number of methoxy groups -OCH3 is 1. The monoisotopic (exact) mass is 517 g/mol. The minimum Gasteiger partial charge on any atom is -0.468 e. The maximum absolute atomic E-state index is 13.7. The fourth-order valence-corrected chi connectivity index (χ4v) is 4.92. The first-order valence-electron chi connectivity index (χ1n) is 12.0. The summed E-state index contributed by atoms with van der Waals surface area (Å²) in [6.45, 7) is 7.79. The molecule has 12 heteroatoms. The summed E-state index contributed by atoms with van der Waals surface area (Å²) in [6.07, 6.45) is 12.2. The molecule has 4 aromatic rings. The summed E-state index contributed by atoms with van der Waals surface area (Å²) in [6, 6.07) is 0. The number of aromatic nitrogens is 7. The molecule has 0 amide bonds. The Morgan fingerprint density at radius 3 is 2.69 bits per heavy atom. The van der Waals surface area contributed by atoms with Crippen LogP contribution in [0.3, 0.4) is 0 Å². The van der Waals surface area contributed by atoms with E-state index in [2.05, 4.69) is 36.4 Å². The molecule has 4 aromatic heterocycles. The van der Waals surface area contributed by atoms with E-state index in [-0.39, 0.29) is 18.8 Å². The molecule has 36 heavy (non-hydrogen) atoms. The highest BCUT2D eigenvalue weighted by Crippen LogP contribution is 2.44. The van der Waals surface area contributed by atoms with Crippen molar-refractivity contribution in [3.8, 4) is 11.4 Å². The van der Waals surface area contributed by atoms with Crippen molar-refractivity contribution in [2.45, 2.75) is 52.3 Å². The van der Waals surface area contributed by atoms with E-state index in [9.17, 15) is 9.59 Å². The van der Waals surface area contributed by atoms with Gasteiger partial charge in [-0.1, -0.05) is 20.8 Å². The van der Waals surface area contributed by atoms with Crippen molar-refractivity contribution >= 4 is 32.9 Å². The Morgan fingerprint density at radius 2 is 2.00 bits per heavy atom. The first-order valence-corrected chi connectivity index (χ1v) is 14.7. The average Bonchev–Trinajstić information content (AvgIpc) is 3.57. The van der Waals surface area contributed by atoms with Gasteiger partial charge in [0, 0.05) is 30.9 Å². The highest BCUT2D eigenvalue weighted by atomic mass is 32.3. The van der Waals surface area contributed by atoms with Crippen LogP contribution in [0.5, 0.6) is 0 Å². The van der Waals surface area contributed by atoms with Crippen molar-refractivity contribution < 1.29 is 14.3 Å². The standard InChI is InChI=1S/C24H35N7O4S/c1-7-9-30-23(33)20-22(29-10-8-25-24(29)30)27-21(18-13-26-28(14-18)15-19(32)34-4)31(20)16-35-11-12-36(5,6)17(2)3/h8,10,13-14,17H,7,9,11-12,15-16H2,1-6H3. The van der Waals surface area contributed by atoms with Crippen LogP contribution in [0.15, 0.2) is 29.6 Å². The van der Waals surface area contributed by atoms with E-state index in [0.29, 0.717) is 46.7 Å². The SMILES string of the molecule is CCCn1c(=O)c2c(nc(-c3cnn(CC(=O)OC)c3)n2COCCS(C)(C)C(C)C)n2ccnc12. The van der Waals surface area contributed by atoms with Crippen molar-refractivity contribution in [2.75, 3.05) is 32.0 Å². The maximum atomic E-state index is 13.7. The van der Waals surface area contributed by atoms with Crippen LogP contribution in [0.2, 0.25) is 0 Å². The summed E-state index contributed by atoms with van der Waals surface area (Å²) < 4.78 is 17.7. The molecule has 0 aliphatic carbocycles. The average molecular weight is 518 g/mol. The summed E-state index contributed by atoms with van der Waals surface area (Å²) in [7, 11) is 0.553. The molecule has 4 heterocycles. The molecular weight excluding hydrogens is 482 g/mol. The number of hydrogen-bond acceptors (Lipinski definition) is 7. The molecule has 0 saturated heterocycles. The maximum Gasteiger partial charge on any atom is 0.327 e. The molecule has 0 saturated carbocycles. The molecule has 0 N–H and O–H groups in total. The molecule has 4 rings (SSSR count). The minimum atomic E-state index is -0.784. The van der Waals surface area contributed by atoms with Gasteiger partial charge in [-0.15, -0.1) is 0 Å². The third-order valence-corrected chi connectivity index (χ3v) is 10.4. The molecule has 196 valence electrons. The van der Waals surface area contributed by atoms with Gasteiger partial charge in [0.2, 0.25) is 5.78 Å². The predicted octanol–water partition coefficient (Wildman–Crippen LogP) is 2.74. The second kappa shape index (κ2) is 10.5. The summed E-state index contributed by atoms with van der Waals surface area (Å²) in [5.74, 6) is 1.66. The summed E-state index contributed by atoms with van der Waals surface area (Å²) in [4.78, 5) is 34.7. The van der Waals surface area contributed by atoms with Gasteiger partial charge < -0.3 is 9.47 Å². The van der Waals surface area contributed by atoms with Gasteiger partial charge in [-0.2, -0.15) is 5.10 Å². The van der Waals surface area contributed by atoms with E-state index in [1.807, 2.05) is 11.3 Å². The second-order valence-corrected chi connectivity index (χ2v) is 14.1. The third-order valence-electron chi connectivity index (χ3n) is 6.60. The molecule has 0 atom stereocenters. The van der Waals surface area contributed by atoms with Gasteiger partial charge in [0.25, 0.3) is 5.56 Å². The quantitative estimate of drug-likeness (QED) is 0.222. The molecule has 0 aliphatic heterocycles. The fourth-order valence-electron chi connectivity index (χ4n) is 3.90. The lowest BCUT2D eigenvalue weighted by atomic mass is 10.3. The number of carbonyl (C=O) groups is 1. The van der Waals surface area contributed by atoms with Crippen LogP contribution in [0, 0.1) is 0 Å². The first-order chi connectivity index (χ1) is 17.2. The third kappa shape index (κ3) is 4.92. The number of hydrogen-bond donors (Lipinski definition) is 0. The molecule has 0 aromatic carbocycles. The lowest BCUT2D eigenvalue weighted by molar-refractivity contribution is -0.141. The van der Waals surface area contributed by atoms with Crippen molar-refractivity contribution in [1.82, 2.24) is 33.3 Å². The topological polar surface area (TPSA) is 110 Å². The summed E-state index contributed by atoms with van der Waals surface area (Å²) in [5.41, 5.74) is 1.46. The number of rotatable bonds is 11. The van der Waals surface area contributed by atoms with E-state index in [0.717, 1.165) is 12.2 Å². The van der Waals surface area contributed by atoms with Crippen LogP contribution in [0.4, 0.5) is 0 Å². The molecule has 11 nitrogen and oxygen atoms in total. The first kappa shape index (κ1) is 26.0. The predicted molar refractivity (Wildman–Crippen MR) is 142 cm³/mol. The fraction of sp³-hybridized carbons (Fsp3) is 0.542. The molecule has 0 radical (unpaired) electrons. The van der Waals surface area contributed by atoms with Crippen molar-refractivity contribution in [1.29, 1.82) is 0 Å². The van der Waals surface area contributed by atoms with Crippen LogP contribution >= 0.6 is 10.0 Å². The van der Waals surface area contributed by atoms with Gasteiger partial charge >= 0.3 is 5.97 Å². The molecule has 0 spiro atoms. The zero-order valence-electron chi connectivity index (χ0n) is 21.8. The van der Waals surface area contributed by atoms with Gasteiger partial charge in [0.1, 0.15) is 19.1 Å². The molecular formula is C24H35N7O4S. The smallest absolute Gasteiger partial charge is 0.327 e. The Hall–Kier alpha value is -3.12. The van der Waals surface area contributed by atoms with Gasteiger partial charge in [0.15, 0.2) is 11.2 Å². The highest BCUT2D eigenvalue weighted by molar-refractivity contribution is 8.33. The number of aryl methyl sites for hydroxylation is 1. The normalized spacial score (nSPS) is 12.8. The van der Waals surface area contributed by atoms with Gasteiger partial charge in [0.05, 0.1) is 25.5 Å². The van der Waals surface area contributed by atoms with E-state index < -0.39 is 16.0 Å². The van der Waals surface area contributed by atoms with E-state index in [4.69, 9.17) is 14.5 Å². The number of fused-ring (bicyclic) bond motifs is 3. The Bertz CT molecular complexity index is 1430. The van der Waals surface area contributed by atoms with Crippen LogP contribution in [-0.2, 0) is 34.1 Å². The molecule has 0 bridgehead atoms. The van der Waals surface area contributed by atoms with Crippen LogP contribution in [0.1, 0.15) is 27.2 Å². The van der Waals surface area contributed by atoms with E-state index in [1.165, 1.54) is 11.8 Å². The largest absolute Gasteiger partial charge is 0.468 e. The van der Waals surface area contributed by atoms with E-state index >= 15 is 0 Å². The van der Waals surface area contributed by atoms with Gasteiger partial charge in [-0.25, -0.2) is 20.0 Å². The molecule has 0 fully saturated rings. The lowest BCUT2D eigenvalue weighted by Crippen LogP contribution is -2.25. The van der Waals surface area contributed by atoms with E-state index in [1.54, 1.807) is 33.9 Å². The Labute approximate surface area is 211 Å².